The molecule has 44 heavy (non-hydrogen) atoms. The van der Waals surface area contributed by atoms with E-state index in [4.69, 9.17) is 24.7 Å². The summed E-state index contributed by atoms with van der Waals surface area (Å²) in [7, 11) is 1.56. The van der Waals surface area contributed by atoms with E-state index in [1.54, 1.807) is 26.2 Å². The fraction of sp³-hybridized carbons (Fsp3) is 0.714. The summed E-state index contributed by atoms with van der Waals surface area (Å²) in [5.74, 6) is -0.854. The van der Waals surface area contributed by atoms with Gasteiger partial charge in [-0.15, -0.1) is 0 Å². The molecular weight excluding hydrogens is 562 g/mol. The lowest BCUT2D eigenvalue weighted by Crippen LogP contribution is -2.47. The SMILES string of the molecule is C=C/C=C\[C@H](C)[C@H](OC(N)=O)[C@@H](C)[C@H](O)[C@@H](C)C/C=C\[C@H](C)[C@@H](C)[C@@H](C)/C=C\[C@H](C[C@@H]1OC(=O)[C@H](C)[C@@H](O)[C@H]1C)OCOC. The van der Waals surface area contributed by atoms with E-state index in [2.05, 4.69) is 45.6 Å². The van der Waals surface area contributed by atoms with Crippen molar-refractivity contribution >= 4 is 12.1 Å². The minimum atomic E-state index is -0.858. The van der Waals surface area contributed by atoms with Crippen LogP contribution in [0.3, 0.4) is 0 Å². The van der Waals surface area contributed by atoms with Crippen LogP contribution in [0.1, 0.15) is 68.2 Å². The largest absolute Gasteiger partial charge is 0.462 e. The van der Waals surface area contributed by atoms with Crippen LogP contribution >= 0.6 is 0 Å². The Hall–Kier alpha value is -2.46. The number of carbonyl (C=O) groups excluding carboxylic acids is 2. The molecule has 0 aromatic heterocycles. The first-order valence-corrected chi connectivity index (χ1v) is 15.9. The maximum absolute atomic E-state index is 12.2. The van der Waals surface area contributed by atoms with E-state index in [1.165, 1.54) is 0 Å². The number of methoxy groups -OCH3 is 1. The van der Waals surface area contributed by atoms with Gasteiger partial charge in [0, 0.05) is 31.3 Å². The average molecular weight is 622 g/mol. The first kappa shape index (κ1) is 39.6. The number of amides is 1. The third kappa shape index (κ3) is 12.5. The molecule has 1 aliphatic heterocycles. The van der Waals surface area contributed by atoms with Crippen LogP contribution in [-0.4, -0.2) is 66.7 Å². The molecule has 0 aromatic carbocycles. The molecule has 13 atom stereocenters. The van der Waals surface area contributed by atoms with Crippen LogP contribution in [0, 0.1) is 47.3 Å². The van der Waals surface area contributed by atoms with Crippen LogP contribution in [0.5, 0.6) is 0 Å². The molecule has 9 heteroatoms. The highest BCUT2D eigenvalue weighted by atomic mass is 16.7. The second-order valence-corrected chi connectivity index (χ2v) is 12.8. The molecule has 1 fully saturated rings. The number of rotatable bonds is 19. The molecule has 0 saturated carbocycles. The van der Waals surface area contributed by atoms with E-state index in [1.807, 2.05) is 39.8 Å². The van der Waals surface area contributed by atoms with Gasteiger partial charge < -0.3 is 34.9 Å². The highest BCUT2D eigenvalue weighted by molar-refractivity contribution is 5.73. The molecule has 1 heterocycles. The molecule has 1 aliphatic rings. The topological polar surface area (TPSA) is 138 Å². The normalized spacial score (nSPS) is 27.3. The number of allylic oxidation sites excluding steroid dienone is 5. The number of cyclic esters (lactones) is 1. The summed E-state index contributed by atoms with van der Waals surface area (Å²) < 4.78 is 22.0. The van der Waals surface area contributed by atoms with Crippen molar-refractivity contribution in [3.63, 3.8) is 0 Å². The van der Waals surface area contributed by atoms with Crippen LogP contribution in [0.4, 0.5) is 4.79 Å². The number of ether oxygens (including phenoxy) is 4. The molecule has 0 bridgehead atoms. The minimum Gasteiger partial charge on any atom is -0.462 e. The summed E-state index contributed by atoms with van der Waals surface area (Å²) in [5, 5.41) is 21.5. The third-order valence-corrected chi connectivity index (χ3v) is 9.34. The maximum atomic E-state index is 12.2. The Labute approximate surface area is 265 Å². The molecule has 9 nitrogen and oxygen atoms in total. The fourth-order valence-electron chi connectivity index (χ4n) is 5.71. The van der Waals surface area contributed by atoms with Crippen molar-refractivity contribution in [1.29, 1.82) is 0 Å². The molecule has 1 rings (SSSR count). The smallest absolute Gasteiger partial charge is 0.404 e. The Morgan fingerprint density at radius 3 is 2.25 bits per heavy atom. The van der Waals surface area contributed by atoms with E-state index in [0.717, 1.165) is 0 Å². The zero-order valence-corrected chi connectivity index (χ0v) is 28.3. The van der Waals surface area contributed by atoms with E-state index in [0.29, 0.717) is 18.8 Å². The highest BCUT2D eigenvalue weighted by Crippen LogP contribution is 2.31. The minimum absolute atomic E-state index is 0.0629. The predicted molar refractivity (Wildman–Crippen MR) is 173 cm³/mol. The number of hydrogen-bond acceptors (Lipinski definition) is 8. The number of hydrogen-bond donors (Lipinski definition) is 3. The fourth-order valence-corrected chi connectivity index (χ4v) is 5.71. The lowest BCUT2D eigenvalue weighted by Gasteiger charge is -2.37. The second-order valence-electron chi connectivity index (χ2n) is 12.8. The van der Waals surface area contributed by atoms with E-state index in [9.17, 15) is 19.8 Å². The third-order valence-electron chi connectivity index (χ3n) is 9.34. The summed E-state index contributed by atoms with van der Waals surface area (Å²) in [6, 6.07) is 0. The van der Waals surface area contributed by atoms with E-state index >= 15 is 0 Å². The van der Waals surface area contributed by atoms with Crippen molar-refractivity contribution in [2.45, 2.75) is 98.8 Å². The molecule has 1 saturated heterocycles. The first-order valence-electron chi connectivity index (χ1n) is 15.9. The van der Waals surface area contributed by atoms with Gasteiger partial charge in [0.05, 0.1) is 24.2 Å². The summed E-state index contributed by atoms with van der Waals surface area (Å²) >= 11 is 0. The number of nitrogens with two attached hydrogens (primary N) is 1. The van der Waals surface area contributed by atoms with Crippen molar-refractivity contribution in [1.82, 2.24) is 0 Å². The molecule has 0 spiro atoms. The molecule has 0 unspecified atom stereocenters. The Bertz CT molecular complexity index is 964. The van der Waals surface area contributed by atoms with Crippen LogP contribution in [-0.2, 0) is 23.7 Å². The summed E-state index contributed by atoms with van der Waals surface area (Å²) in [6.45, 7) is 19.7. The van der Waals surface area contributed by atoms with Crippen molar-refractivity contribution in [3.8, 4) is 0 Å². The van der Waals surface area contributed by atoms with Crippen molar-refractivity contribution in [3.05, 3.63) is 49.1 Å². The second kappa shape index (κ2) is 19.8. The van der Waals surface area contributed by atoms with E-state index < -0.39 is 36.4 Å². The van der Waals surface area contributed by atoms with Crippen molar-refractivity contribution in [2.24, 2.45) is 53.1 Å². The Morgan fingerprint density at radius 2 is 1.66 bits per heavy atom. The quantitative estimate of drug-likeness (QED) is 0.0711. The van der Waals surface area contributed by atoms with Gasteiger partial charge in [0.2, 0.25) is 0 Å². The molecule has 0 radical (unpaired) electrons. The van der Waals surface area contributed by atoms with Gasteiger partial charge in [0.1, 0.15) is 19.0 Å². The van der Waals surface area contributed by atoms with Gasteiger partial charge in [0.25, 0.3) is 0 Å². The Morgan fingerprint density at radius 1 is 1.02 bits per heavy atom. The number of aliphatic hydroxyl groups excluding tert-OH is 2. The number of carbonyl (C=O) groups is 2. The lowest BCUT2D eigenvalue weighted by molar-refractivity contribution is -0.181. The van der Waals surface area contributed by atoms with Gasteiger partial charge in [-0.25, -0.2) is 4.79 Å². The van der Waals surface area contributed by atoms with Crippen LogP contribution in [0.2, 0.25) is 0 Å². The van der Waals surface area contributed by atoms with Gasteiger partial charge in [0.15, 0.2) is 0 Å². The molecule has 252 valence electrons. The summed E-state index contributed by atoms with van der Waals surface area (Å²) in [4.78, 5) is 23.7. The predicted octanol–water partition coefficient (Wildman–Crippen LogP) is 5.81. The van der Waals surface area contributed by atoms with Crippen LogP contribution < -0.4 is 5.73 Å². The first-order chi connectivity index (χ1) is 20.7. The monoisotopic (exact) mass is 621 g/mol. The number of aliphatic hydroxyl groups is 2. The van der Waals surface area contributed by atoms with Gasteiger partial charge in [-0.05, 0) is 37.0 Å². The van der Waals surface area contributed by atoms with Crippen LogP contribution in [0.25, 0.3) is 0 Å². The maximum Gasteiger partial charge on any atom is 0.404 e. The average Bonchev–Trinajstić information content (AvgIpc) is 2.99. The van der Waals surface area contributed by atoms with Crippen molar-refractivity contribution in [2.75, 3.05) is 13.9 Å². The Kier molecular flexibility index (Phi) is 17.8. The molecule has 1 amide bonds. The van der Waals surface area contributed by atoms with Gasteiger partial charge in [-0.2, -0.15) is 0 Å². The molecule has 0 aromatic rings. The number of primary amides is 1. The summed E-state index contributed by atoms with van der Waals surface area (Å²) in [5.41, 5.74) is 5.32. The zero-order valence-electron chi connectivity index (χ0n) is 28.3. The van der Waals surface area contributed by atoms with E-state index in [-0.39, 0.29) is 54.4 Å². The molecule has 4 N–H and O–H groups in total. The van der Waals surface area contributed by atoms with Gasteiger partial charge in [-0.1, -0.05) is 97.6 Å². The van der Waals surface area contributed by atoms with Gasteiger partial charge in [-0.3, -0.25) is 4.79 Å². The summed E-state index contributed by atoms with van der Waals surface area (Å²) in [6.07, 6.45) is 11.2. The standard InChI is InChI=1S/C35H59NO8/c1-11-12-14-24(5)33(44-35(36)40)27(8)31(37)23(4)16-13-15-21(2)25(6)22(3)17-18-29(42-20-41-10)19-30-26(7)32(38)28(9)34(39)43-30/h11-15,17-18,21-33,37-38H,1,16,19-20H2,2-10H3,(H2,36,40)/b14-12-,15-13-,18-17-/t21-,22-,23-,24-,25+,26-,27-,28+,29+,30-,31+,32-,33-/m0/s1. The molecule has 0 aliphatic carbocycles. The zero-order chi connectivity index (χ0) is 33.6. The number of esters is 1. The van der Waals surface area contributed by atoms with Gasteiger partial charge >= 0.3 is 12.1 Å². The Balaban J connectivity index is 2.80. The molecular formula is C35H59NO8. The van der Waals surface area contributed by atoms with Crippen molar-refractivity contribution < 1.29 is 38.7 Å². The lowest BCUT2D eigenvalue weighted by atomic mass is 9.81. The van der Waals surface area contributed by atoms with Crippen LogP contribution in [0.15, 0.2) is 49.1 Å². The highest BCUT2D eigenvalue weighted by Gasteiger charge is 2.41.